The van der Waals surface area contributed by atoms with Gasteiger partial charge in [0, 0.05) is 17.6 Å². The Bertz CT molecular complexity index is 347. The molecule has 1 aliphatic rings. The number of likely N-dealkylation sites (tertiary alicyclic amines) is 1. The fourth-order valence-electron chi connectivity index (χ4n) is 2.27. The smallest absolute Gasteiger partial charge is 0.119 e. The van der Waals surface area contributed by atoms with Gasteiger partial charge < -0.3 is 10.1 Å². The molecule has 0 radical (unpaired) electrons. The van der Waals surface area contributed by atoms with Crippen LogP contribution < -0.4 is 10.1 Å². The van der Waals surface area contributed by atoms with Crippen LogP contribution in [0, 0.1) is 0 Å². The number of piperidine rings is 1. The van der Waals surface area contributed by atoms with Crippen molar-refractivity contribution < 1.29 is 4.74 Å². The molecule has 1 aromatic carbocycles. The molecule has 0 bridgehead atoms. The van der Waals surface area contributed by atoms with Crippen molar-refractivity contribution in [1.29, 1.82) is 0 Å². The van der Waals surface area contributed by atoms with Crippen LogP contribution in [0.5, 0.6) is 5.75 Å². The van der Waals surface area contributed by atoms with Gasteiger partial charge in [-0.25, -0.2) is 0 Å². The van der Waals surface area contributed by atoms with Gasteiger partial charge >= 0.3 is 0 Å². The van der Waals surface area contributed by atoms with Gasteiger partial charge in [-0.3, -0.25) is 4.90 Å². The highest BCUT2D eigenvalue weighted by Crippen LogP contribution is 2.15. The molecule has 0 saturated carbocycles. The number of hydrogen-bond acceptors (Lipinski definition) is 3. The molecule has 1 aliphatic heterocycles. The van der Waals surface area contributed by atoms with Crippen molar-refractivity contribution in [2.45, 2.75) is 18.9 Å². The molecule has 1 N–H and O–H groups in total. The summed E-state index contributed by atoms with van der Waals surface area (Å²) in [7, 11) is 2.05. The predicted octanol–water partition coefficient (Wildman–Crippen LogP) is 2.40. The zero-order chi connectivity index (χ0) is 12.8. The third-order valence-corrected chi connectivity index (χ3v) is 3.74. The van der Waals surface area contributed by atoms with Crippen LogP contribution in [0.1, 0.15) is 12.8 Å². The van der Waals surface area contributed by atoms with Crippen LogP contribution in [0.15, 0.2) is 24.3 Å². The summed E-state index contributed by atoms with van der Waals surface area (Å²) in [6, 6.07) is 8.23. The van der Waals surface area contributed by atoms with E-state index in [0.717, 1.165) is 37.0 Å². The molecule has 0 aliphatic carbocycles. The van der Waals surface area contributed by atoms with Gasteiger partial charge in [0.1, 0.15) is 12.4 Å². The second-order valence-electron chi connectivity index (χ2n) is 4.71. The summed E-state index contributed by atoms with van der Waals surface area (Å²) < 4.78 is 5.70. The average molecular weight is 269 g/mol. The van der Waals surface area contributed by atoms with Gasteiger partial charge in [-0.2, -0.15) is 0 Å². The van der Waals surface area contributed by atoms with Crippen LogP contribution in [0.25, 0.3) is 0 Å². The number of hydrogen-bond donors (Lipinski definition) is 1. The van der Waals surface area contributed by atoms with Crippen molar-refractivity contribution in [3.63, 3.8) is 0 Å². The van der Waals surface area contributed by atoms with E-state index in [1.165, 1.54) is 12.8 Å². The number of nitrogens with one attached hydrogen (secondary N) is 1. The minimum Gasteiger partial charge on any atom is -0.492 e. The first-order valence-electron chi connectivity index (χ1n) is 6.56. The normalized spacial score (nSPS) is 17.9. The number of rotatable bonds is 5. The summed E-state index contributed by atoms with van der Waals surface area (Å²) in [5.41, 5.74) is 0. The Morgan fingerprint density at radius 1 is 1.28 bits per heavy atom. The van der Waals surface area contributed by atoms with E-state index in [1.807, 2.05) is 31.3 Å². The third-order valence-electron chi connectivity index (χ3n) is 3.49. The van der Waals surface area contributed by atoms with Gasteiger partial charge in [-0.05, 0) is 57.2 Å². The molecule has 1 heterocycles. The lowest BCUT2D eigenvalue weighted by Crippen LogP contribution is -2.42. The SMILES string of the molecule is CNC1CCN(CCOc2ccc(Cl)cc2)CC1. The van der Waals surface area contributed by atoms with Crippen LogP contribution in [-0.4, -0.2) is 44.2 Å². The Balaban J connectivity index is 1.65. The monoisotopic (exact) mass is 268 g/mol. The second kappa shape index (κ2) is 6.98. The first-order valence-corrected chi connectivity index (χ1v) is 6.93. The van der Waals surface area contributed by atoms with Crippen LogP contribution >= 0.6 is 11.6 Å². The molecule has 0 spiro atoms. The highest BCUT2D eigenvalue weighted by molar-refractivity contribution is 6.30. The maximum absolute atomic E-state index is 5.83. The summed E-state index contributed by atoms with van der Waals surface area (Å²) in [5.74, 6) is 0.893. The van der Waals surface area contributed by atoms with E-state index in [1.54, 1.807) is 0 Å². The molecular formula is C14H21ClN2O. The first-order chi connectivity index (χ1) is 8.78. The molecule has 0 amide bonds. The Morgan fingerprint density at radius 2 is 1.94 bits per heavy atom. The van der Waals surface area contributed by atoms with Crippen molar-refractivity contribution in [1.82, 2.24) is 10.2 Å². The van der Waals surface area contributed by atoms with Gasteiger partial charge in [-0.1, -0.05) is 11.6 Å². The Hall–Kier alpha value is -0.770. The van der Waals surface area contributed by atoms with E-state index in [2.05, 4.69) is 10.2 Å². The van der Waals surface area contributed by atoms with Crippen LogP contribution in [-0.2, 0) is 0 Å². The summed E-state index contributed by atoms with van der Waals surface area (Å²) in [4.78, 5) is 2.46. The zero-order valence-corrected chi connectivity index (χ0v) is 11.6. The number of halogens is 1. The summed E-state index contributed by atoms with van der Waals surface area (Å²) >= 11 is 5.83. The second-order valence-corrected chi connectivity index (χ2v) is 5.14. The number of benzene rings is 1. The minimum absolute atomic E-state index is 0.693. The summed E-state index contributed by atoms with van der Waals surface area (Å²) in [5, 5.41) is 4.09. The van der Waals surface area contributed by atoms with Gasteiger partial charge in [-0.15, -0.1) is 0 Å². The fraction of sp³-hybridized carbons (Fsp3) is 0.571. The minimum atomic E-state index is 0.693. The van der Waals surface area contributed by atoms with Crippen molar-refractivity contribution in [2.24, 2.45) is 0 Å². The van der Waals surface area contributed by atoms with Crippen LogP contribution in [0.2, 0.25) is 5.02 Å². The molecule has 0 unspecified atom stereocenters. The highest BCUT2D eigenvalue weighted by atomic mass is 35.5. The first kappa shape index (κ1) is 13.7. The Kier molecular flexibility index (Phi) is 5.29. The molecule has 0 atom stereocenters. The van der Waals surface area contributed by atoms with Gasteiger partial charge in [0.15, 0.2) is 0 Å². The molecule has 1 aromatic rings. The zero-order valence-electron chi connectivity index (χ0n) is 10.9. The molecule has 3 nitrogen and oxygen atoms in total. The molecule has 0 aromatic heterocycles. The van der Waals surface area contributed by atoms with E-state index in [9.17, 15) is 0 Å². The highest BCUT2D eigenvalue weighted by Gasteiger charge is 2.16. The van der Waals surface area contributed by atoms with Crippen molar-refractivity contribution in [2.75, 3.05) is 33.3 Å². The summed E-state index contributed by atoms with van der Waals surface area (Å²) in [6.45, 7) is 4.07. The largest absolute Gasteiger partial charge is 0.492 e. The van der Waals surface area contributed by atoms with E-state index in [0.29, 0.717) is 6.04 Å². The van der Waals surface area contributed by atoms with Crippen molar-refractivity contribution in [3.8, 4) is 5.75 Å². The molecule has 4 heteroatoms. The summed E-state index contributed by atoms with van der Waals surface area (Å²) in [6.07, 6.45) is 2.47. The average Bonchev–Trinajstić information content (AvgIpc) is 2.42. The van der Waals surface area contributed by atoms with Crippen molar-refractivity contribution in [3.05, 3.63) is 29.3 Å². The van der Waals surface area contributed by atoms with E-state index in [-0.39, 0.29) is 0 Å². The maximum Gasteiger partial charge on any atom is 0.119 e. The van der Waals surface area contributed by atoms with E-state index in [4.69, 9.17) is 16.3 Å². The quantitative estimate of drug-likeness (QED) is 0.888. The molecule has 18 heavy (non-hydrogen) atoms. The van der Waals surface area contributed by atoms with E-state index >= 15 is 0 Å². The number of nitrogens with zero attached hydrogens (tertiary/aromatic N) is 1. The lowest BCUT2D eigenvalue weighted by atomic mass is 10.1. The standard InChI is InChI=1S/C14H21ClN2O/c1-16-13-6-8-17(9-7-13)10-11-18-14-4-2-12(15)3-5-14/h2-5,13,16H,6-11H2,1H3. The Morgan fingerprint density at radius 3 is 2.56 bits per heavy atom. The Labute approximate surface area is 114 Å². The lowest BCUT2D eigenvalue weighted by molar-refractivity contribution is 0.167. The third kappa shape index (κ3) is 4.16. The molecular weight excluding hydrogens is 248 g/mol. The van der Waals surface area contributed by atoms with Gasteiger partial charge in [0.05, 0.1) is 0 Å². The molecule has 100 valence electrons. The number of ether oxygens (including phenoxy) is 1. The van der Waals surface area contributed by atoms with Crippen molar-refractivity contribution >= 4 is 11.6 Å². The molecule has 1 fully saturated rings. The predicted molar refractivity (Wildman–Crippen MR) is 75.5 cm³/mol. The molecule has 2 rings (SSSR count). The lowest BCUT2D eigenvalue weighted by Gasteiger charge is -2.31. The topological polar surface area (TPSA) is 24.5 Å². The fourth-order valence-corrected chi connectivity index (χ4v) is 2.39. The maximum atomic E-state index is 5.83. The van der Waals surface area contributed by atoms with Gasteiger partial charge in [0.25, 0.3) is 0 Å². The van der Waals surface area contributed by atoms with Crippen LogP contribution in [0.3, 0.4) is 0 Å². The van der Waals surface area contributed by atoms with Gasteiger partial charge in [0.2, 0.25) is 0 Å². The van der Waals surface area contributed by atoms with E-state index < -0.39 is 0 Å². The molecule has 1 saturated heterocycles. The van der Waals surface area contributed by atoms with Crippen LogP contribution in [0.4, 0.5) is 0 Å².